The van der Waals surface area contributed by atoms with Crippen molar-refractivity contribution in [1.82, 2.24) is 0 Å². The van der Waals surface area contributed by atoms with Gasteiger partial charge in [0.2, 0.25) is 0 Å². The zero-order chi connectivity index (χ0) is 21.1. The molecule has 4 heteroatoms. The van der Waals surface area contributed by atoms with Crippen molar-refractivity contribution < 1.29 is 9.47 Å². The van der Waals surface area contributed by atoms with E-state index in [1.807, 2.05) is 0 Å². The fourth-order valence-electron chi connectivity index (χ4n) is 3.10. The standard InChI is InChI=1S/C24H36NO2P/c1-23(2,3)17-14-18(24(4,5)6)22(27-16-26-9)21(15-17)28-20-13-11-10-12-19(20)25(7)8/h10-15,28H,16H2,1-9H3. The van der Waals surface area contributed by atoms with Gasteiger partial charge in [-0.15, -0.1) is 0 Å². The fourth-order valence-corrected chi connectivity index (χ4v) is 4.55. The second-order valence-corrected chi connectivity index (χ2v) is 10.8. The molecule has 1 unspecified atom stereocenters. The maximum atomic E-state index is 6.16. The fraction of sp³-hybridized carbons (Fsp3) is 0.500. The van der Waals surface area contributed by atoms with Crippen molar-refractivity contribution in [2.24, 2.45) is 0 Å². The summed E-state index contributed by atoms with van der Waals surface area (Å²) in [4.78, 5) is 2.18. The number of hydrogen-bond donors (Lipinski definition) is 0. The van der Waals surface area contributed by atoms with Crippen LogP contribution in [0.3, 0.4) is 0 Å². The van der Waals surface area contributed by atoms with Gasteiger partial charge in [0, 0.05) is 43.1 Å². The summed E-state index contributed by atoms with van der Waals surface area (Å²) in [7, 11) is 6.37. The normalized spacial score (nSPS) is 12.6. The van der Waals surface area contributed by atoms with Crippen molar-refractivity contribution in [1.29, 1.82) is 0 Å². The molecule has 1 atom stereocenters. The molecule has 0 fully saturated rings. The third kappa shape index (κ3) is 5.49. The molecule has 0 aliphatic rings. The Morgan fingerprint density at radius 1 is 0.893 bits per heavy atom. The van der Waals surface area contributed by atoms with Gasteiger partial charge in [-0.25, -0.2) is 0 Å². The molecular formula is C24H36NO2P. The van der Waals surface area contributed by atoms with E-state index in [1.165, 1.54) is 27.4 Å². The highest BCUT2D eigenvalue weighted by molar-refractivity contribution is 7.56. The molecule has 2 aromatic rings. The average molecular weight is 402 g/mol. The Morgan fingerprint density at radius 2 is 1.54 bits per heavy atom. The molecule has 0 saturated heterocycles. The quantitative estimate of drug-likeness (QED) is 0.504. The average Bonchev–Trinajstić information content (AvgIpc) is 2.58. The Kier molecular flexibility index (Phi) is 7.17. The molecule has 0 amide bonds. The van der Waals surface area contributed by atoms with Gasteiger partial charge >= 0.3 is 0 Å². The number of hydrogen-bond acceptors (Lipinski definition) is 3. The predicted molar refractivity (Wildman–Crippen MR) is 125 cm³/mol. The van der Waals surface area contributed by atoms with Gasteiger partial charge in [0.1, 0.15) is 5.75 Å². The first-order valence-electron chi connectivity index (χ1n) is 9.79. The Balaban J connectivity index is 2.69. The summed E-state index contributed by atoms with van der Waals surface area (Å²) < 4.78 is 11.4. The second kappa shape index (κ2) is 8.84. The molecule has 0 aliphatic heterocycles. The number of rotatable bonds is 6. The zero-order valence-corrected chi connectivity index (χ0v) is 19.9. The Hall–Kier alpha value is -1.57. The highest BCUT2D eigenvalue weighted by Gasteiger charge is 2.26. The summed E-state index contributed by atoms with van der Waals surface area (Å²) in [6.45, 7) is 13.8. The van der Waals surface area contributed by atoms with E-state index in [-0.39, 0.29) is 17.6 Å². The van der Waals surface area contributed by atoms with E-state index >= 15 is 0 Å². The number of para-hydroxylation sites is 1. The summed E-state index contributed by atoms with van der Waals surface area (Å²) in [5.74, 6) is 0.967. The minimum atomic E-state index is -0.0232. The van der Waals surface area contributed by atoms with E-state index in [4.69, 9.17) is 9.47 Å². The van der Waals surface area contributed by atoms with Crippen LogP contribution in [-0.2, 0) is 15.6 Å². The van der Waals surface area contributed by atoms with Crippen LogP contribution in [0.15, 0.2) is 36.4 Å². The topological polar surface area (TPSA) is 21.7 Å². The van der Waals surface area contributed by atoms with E-state index in [1.54, 1.807) is 7.11 Å². The lowest BCUT2D eigenvalue weighted by Gasteiger charge is -2.29. The third-order valence-corrected chi connectivity index (χ3v) is 6.07. The van der Waals surface area contributed by atoms with Crippen molar-refractivity contribution in [3.8, 4) is 5.75 Å². The van der Waals surface area contributed by atoms with Crippen LogP contribution in [-0.4, -0.2) is 28.0 Å². The van der Waals surface area contributed by atoms with Crippen molar-refractivity contribution in [3.63, 3.8) is 0 Å². The summed E-state index contributed by atoms with van der Waals surface area (Å²) in [5, 5.41) is 2.56. The molecule has 154 valence electrons. The molecule has 0 spiro atoms. The van der Waals surface area contributed by atoms with Gasteiger partial charge in [0.05, 0.1) is 0 Å². The molecule has 2 aromatic carbocycles. The van der Waals surface area contributed by atoms with Crippen LogP contribution in [0, 0.1) is 0 Å². The van der Waals surface area contributed by atoms with E-state index in [0.29, 0.717) is 8.58 Å². The summed E-state index contributed by atoms with van der Waals surface area (Å²) in [6, 6.07) is 13.2. The molecule has 0 bridgehead atoms. The molecule has 0 aliphatic carbocycles. The number of anilines is 1. The van der Waals surface area contributed by atoms with Gasteiger partial charge in [0.25, 0.3) is 0 Å². The first-order chi connectivity index (χ1) is 12.9. The second-order valence-electron chi connectivity index (χ2n) is 9.49. The number of ether oxygens (including phenoxy) is 2. The SMILES string of the molecule is COCOc1c(Pc2ccccc2N(C)C)cc(C(C)(C)C)cc1C(C)(C)C. The number of nitrogens with zero attached hydrogens (tertiary/aromatic N) is 1. The van der Waals surface area contributed by atoms with Crippen molar-refractivity contribution in [3.05, 3.63) is 47.5 Å². The minimum absolute atomic E-state index is 0.0232. The van der Waals surface area contributed by atoms with Gasteiger partial charge in [-0.1, -0.05) is 74.4 Å². The van der Waals surface area contributed by atoms with Crippen LogP contribution in [0.2, 0.25) is 0 Å². The van der Waals surface area contributed by atoms with Crippen LogP contribution < -0.4 is 20.2 Å². The molecular weight excluding hydrogens is 365 g/mol. The molecule has 2 rings (SSSR count). The van der Waals surface area contributed by atoms with Crippen LogP contribution >= 0.6 is 8.58 Å². The van der Waals surface area contributed by atoms with Gasteiger partial charge in [-0.2, -0.15) is 0 Å². The summed E-state index contributed by atoms with van der Waals surface area (Å²) >= 11 is 0. The van der Waals surface area contributed by atoms with E-state index in [9.17, 15) is 0 Å². The van der Waals surface area contributed by atoms with Gasteiger partial charge < -0.3 is 14.4 Å². The number of methoxy groups -OCH3 is 1. The van der Waals surface area contributed by atoms with Crippen molar-refractivity contribution in [2.45, 2.75) is 52.4 Å². The van der Waals surface area contributed by atoms with Crippen LogP contribution in [0.1, 0.15) is 52.7 Å². The Labute approximate surface area is 173 Å². The Morgan fingerprint density at radius 3 is 2.07 bits per heavy atom. The monoisotopic (exact) mass is 401 g/mol. The van der Waals surface area contributed by atoms with Crippen molar-refractivity contribution >= 4 is 24.9 Å². The Bertz CT molecular complexity index is 801. The maximum Gasteiger partial charge on any atom is 0.188 e. The number of benzene rings is 2. The summed E-state index contributed by atoms with van der Waals surface area (Å²) in [5.41, 5.74) is 3.87. The van der Waals surface area contributed by atoms with Gasteiger partial charge in [-0.05, 0) is 28.5 Å². The van der Waals surface area contributed by atoms with E-state index in [2.05, 4.69) is 96.9 Å². The van der Waals surface area contributed by atoms with E-state index < -0.39 is 0 Å². The van der Waals surface area contributed by atoms with Crippen LogP contribution in [0.4, 0.5) is 5.69 Å². The lowest BCUT2D eigenvalue weighted by Crippen LogP contribution is -2.24. The highest BCUT2D eigenvalue weighted by atomic mass is 31.1. The van der Waals surface area contributed by atoms with Crippen LogP contribution in [0.5, 0.6) is 5.75 Å². The smallest absolute Gasteiger partial charge is 0.188 e. The largest absolute Gasteiger partial charge is 0.467 e. The molecule has 3 nitrogen and oxygen atoms in total. The molecule has 0 radical (unpaired) electrons. The highest BCUT2D eigenvalue weighted by Crippen LogP contribution is 2.37. The lowest BCUT2D eigenvalue weighted by atomic mass is 9.80. The van der Waals surface area contributed by atoms with Gasteiger partial charge in [-0.3, -0.25) is 0 Å². The zero-order valence-electron chi connectivity index (χ0n) is 18.9. The van der Waals surface area contributed by atoms with Crippen LogP contribution in [0.25, 0.3) is 0 Å². The van der Waals surface area contributed by atoms with E-state index in [0.717, 1.165) is 5.75 Å². The predicted octanol–water partition coefficient (Wildman–Crippen LogP) is 4.96. The third-order valence-electron chi connectivity index (χ3n) is 4.74. The molecule has 0 heterocycles. The minimum Gasteiger partial charge on any atom is -0.467 e. The maximum absolute atomic E-state index is 6.16. The first-order valence-corrected chi connectivity index (χ1v) is 10.8. The molecule has 0 aromatic heterocycles. The molecule has 28 heavy (non-hydrogen) atoms. The first kappa shape index (κ1) is 22.7. The summed E-state index contributed by atoms with van der Waals surface area (Å²) in [6.07, 6.45) is 0. The van der Waals surface area contributed by atoms with Crippen molar-refractivity contribution in [2.75, 3.05) is 32.9 Å². The lowest BCUT2D eigenvalue weighted by molar-refractivity contribution is 0.0506. The molecule has 0 N–H and O–H groups in total. The molecule has 0 saturated carbocycles. The van der Waals surface area contributed by atoms with Gasteiger partial charge in [0.15, 0.2) is 6.79 Å².